The first kappa shape index (κ1) is 14.0. The number of urea groups is 1. The Hall–Kier alpha value is -2.41. The van der Waals surface area contributed by atoms with Crippen LogP contribution in [0.5, 0.6) is 0 Å². The van der Waals surface area contributed by atoms with Gasteiger partial charge in [0.1, 0.15) is 4.88 Å². The average molecular weight is 292 g/mol. The minimum atomic E-state index is -0.982. The molecule has 0 aliphatic heterocycles. The molecular weight excluding hydrogens is 280 g/mol. The summed E-state index contributed by atoms with van der Waals surface area (Å²) < 4.78 is 5.82. The Balaban J connectivity index is 2.10. The standard InChI is InChI=1S/C13H12N2O4S/c1-7-8-4-2-3-5-9(8)20-11(7)12(17)19-6-10(16)15-13(14)18/h2-5H,6H2,1H3,(H3,14,15,16,18). The van der Waals surface area contributed by atoms with Gasteiger partial charge in [0, 0.05) is 4.70 Å². The number of fused-ring (bicyclic) bond motifs is 1. The maximum atomic E-state index is 11.9. The monoisotopic (exact) mass is 292 g/mol. The number of hydrogen-bond acceptors (Lipinski definition) is 5. The van der Waals surface area contributed by atoms with Crippen molar-refractivity contribution in [1.82, 2.24) is 5.32 Å². The zero-order valence-electron chi connectivity index (χ0n) is 10.6. The number of nitrogens with two attached hydrogens (primary N) is 1. The number of nitrogens with one attached hydrogen (secondary N) is 1. The fourth-order valence-corrected chi connectivity index (χ4v) is 2.84. The van der Waals surface area contributed by atoms with E-state index in [1.54, 1.807) is 0 Å². The lowest BCUT2D eigenvalue weighted by atomic mass is 10.1. The molecule has 0 aliphatic rings. The van der Waals surface area contributed by atoms with Crippen molar-refractivity contribution in [2.45, 2.75) is 6.92 Å². The number of amides is 3. The van der Waals surface area contributed by atoms with E-state index in [-0.39, 0.29) is 0 Å². The van der Waals surface area contributed by atoms with Gasteiger partial charge in [-0.2, -0.15) is 0 Å². The number of thiophene rings is 1. The molecule has 0 atom stereocenters. The minimum Gasteiger partial charge on any atom is -0.451 e. The Kier molecular flexibility index (Phi) is 3.99. The topological polar surface area (TPSA) is 98.5 Å². The van der Waals surface area contributed by atoms with Gasteiger partial charge in [0.25, 0.3) is 5.91 Å². The van der Waals surface area contributed by atoms with Crippen molar-refractivity contribution in [1.29, 1.82) is 0 Å². The SMILES string of the molecule is Cc1c(C(=O)OCC(=O)NC(N)=O)sc2ccccc12. The lowest BCUT2D eigenvalue weighted by Gasteiger charge is -2.03. The molecule has 0 unspecified atom stereocenters. The summed E-state index contributed by atoms with van der Waals surface area (Å²) in [5.41, 5.74) is 5.59. The number of carbonyl (C=O) groups excluding carboxylic acids is 3. The Morgan fingerprint density at radius 3 is 2.65 bits per heavy atom. The highest BCUT2D eigenvalue weighted by molar-refractivity contribution is 7.21. The Bertz CT molecular complexity index is 693. The van der Waals surface area contributed by atoms with E-state index in [4.69, 9.17) is 10.5 Å². The van der Waals surface area contributed by atoms with Crippen molar-refractivity contribution in [2.24, 2.45) is 5.73 Å². The van der Waals surface area contributed by atoms with Crippen molar-refractivity contribution >= 4 is 39.3 Å². The second-order valence-electron chi connectivity index (χ2n) is 4.04. The lowest BCUT2D eigenvalue weighted by molar-refractivity contribution is -0.123. The van der Waals surface area contributed by atoms with E-state index in [0.29, 0.717) is 4.88 Å². The Morgan fingerprint density at radius 2 is 2.00 bits per heavy atom. The van der Waals surface area contributed by atoms with E-state index in [0.717, 1.165) is 15.6 Å². The average Bonchev–Trinajstić information content (AvgIpc) is 2.73. The molecule has 0 bridgehead atoms. The van der Waals surface area contributed by atoms with Gasteiger partial charge in [-0.05, 0) is 23.9 Å². The summed E-state index contributed by atoms with van der Waals surface area (Å²) in [6.45, 7) is 1.27. The highest BCUT2D eigenvalue weighted by atomic mass is 32.1. The molecule has 1 heterocycles. The first-order valence-corrected chi connectivity index (χ1v) is 6.55. The first-order chi connectivity index (χ1) is 9.49. The number of imide groups is 1. The molecule has 0 aliphatic carbocycles. The number of primary amides is 1. The molecule has 2 rings (SSSR count). The van der Waals surface area contributed by atoms with Crippen LogP contribution in [0, 0.1) is 6.92 Å². The molecule has 1 aromatic heterocycles. The van der Waals surface area contributed by atoms with E-state index >= 15 is 0 Å². The van der Waals surface area contributed by atoms with Crippen LogP contribution in [0.25, 0.3) is 10.1 Å². The third-order valence-corrected chi connectivity index (χ3v) is 3.88. The second-order valence-corrected chi connectivity index (χ2v) is 5.09. The van der Waals surface area contributed by atoms with Crippen molar-refractivity contribution in [3.05, 3.63) is 34.7 Å². The van der Waals surface area contributed by atoms with Crippen molar-refractivity contribution < 1.29 is 19.1 Å². The van der Waals surface area contributed by atoms with Crippen LogP contribution >= 0.6 is 11.3 Å². The van der Waals surface area contributed by atoms with E-state index in [1.165, 1.54) is 11.3 Å². The third-order valence-electron chi connectivity index (χ3n) is 2.63. The summed E-state index contributed by atoms with van der Waals surface area (Å²) in [7, 11) is 0. The molecule has 0 fully saturated rings. The molecule has 2 aromatic rings. The van der Waals surface area contributed by atoms with Gasteiger partial charge in [-0.1, -0.05) is 18.2 Å². The number of esters is 1. The molecule has 3 amide bonds. The van der Waals surface area contributed by atoms with Gasteiger partial charge >= 0.3 is 12.0 Å². The summed E-state index contributed by atoms with van der Waals surface area (Å²) in [5.74, 6) is -1.35. The van der Waals surface area contributed by atoms with Crippen LogP contribution in [0.4, 0.5) is 4.79 Å². The molecule has 7 heteroatoms. The van der Waals surface area contributed by atoms with E-state index in [1.807, 2.05) is 36.5 Å². The molecule has 20 heavy (non-hydrogen) atoms. The maximum absolute atomic E-state index is 11.9. The largest absolute Gasteiger partial charge is 0.451 e. The Labute approximate surface area is 118 Å². The number of carbonyl (C=O) groups is 3. The molecule has 0 radical (unpaired) electrons. The zero-order valence-corrected chi connectivity index (χ0v) is 11.5. The first-order valence-electron chi connectivity index (χ1n) is 5.73. The molecule has 0 spiro atoms. The molecule has 3 N–H and O–H groups in total. The van der Waals surface area contributed by atoms with Gasteiger partial charge in [-0.3, -0.25) is 10.1 Å². The van der Waals surface area contributed by atoms with Crippen LogP contribution in [0.15, 0.2) is 24.3 Å². The van der Waals surface area contributed by atoms with Crippen LogP contribution in [0.3, 0.4) is 0 Å². The van der Waals surface area contributed by atoms with Gasteiger partial charge in [-0.25, -0.2) is 9.59 Å². The van der Waals surface area contributed by atoms with E-state index in [2.05, 4.69) is 0 Å². The second kappa shape index (κ2) is 5.70. The summed E-state index contributed by atoms with van der Waals surface area (Å²) in [6, 6.07) is 6.61. The van der Waals surface area contributed by atoms with Gasteiger partial charge in [0.05, 0.1) is 0 Å². The molecule has 0 saturated carbocycles. The number of hydrogen-bond donors (Lipinski definition) is 2. The predicted octanol–water partition coefficient (Wildman–Crippen LogP) is 1.56. The zero-order chi connectivity index (χ0) is 14.7. The summed E-state index contributed by atoms with van der Waals surface area (Å²) >= 11 is 1.30. The Morgan fingerprint density at radius 1 is 1.30 bits per heavy atom. The van der Waals surface area contributed by atoms with Crippen LogP contribution < -0.4 is 11.1 Å². The van der Waals surface area contributed by atoms with Crippen LogP contribution in [-0.4, -0.2) is 24.5 Å². The molecular formula is C13H12N2O4S. The van der Waals surface area contributed by atoms with Crippen molar-refractivity contribution in [2.75, 3.05) is 6.61 Å². The van der Waals surface area contributed by atoms with Gasteiger partial charge in [0.15, 0.2) is 6.61 Å². The van der Waals surface area contributed by atoms with Crippen LogP contribution in [0.2, 0.25) is 0 Å². The molecule has 104 valence electrons. The van der Waals surface area contributed by atoms with E-state index in [9.17, 15) is 14.4 Å². The van der Waals surface area contributed by atoms with E-state index < -0.39 is 24.5 Å². The summed E-state index contributed by atoms with van der Waals surface area (Å²) in [5, 5.41) is 2.79. The summed E-state index contributed by atoms with van der Waals surface area (Å²) in [6.07, 6.45) is 0. The van der Waals surface area contributed by atoms with Crippen LogP contribution in [-0.2, 0) is 9.53 Å². The molecule has 1 aromatic carbocycles. The van der Waals surface area contributed by atoms with Crippen LogP contribution in [0.1, 0.15) is 15.2 Å². The van der Waals surface area contributed by atoms with Gasteiger partial charge < -0.3 is 10.5 Å². The lowest BCUT2D eigenvalue weighted by Crippen LogP contribution is -2.37. The number of aryl methyl sites for hydroxylation is 1. The predicted molar refractivity (Wildman–Crippen MR) is 74.6 cm³/mol. The molecule has 6 nitrogen and oxygen atoms in total. The number of ether oxygens (including phenoxy) is 1. The summed E-state index contributed by atoms with van der Waals surface area (Å²) in [4.78, 5) is 34.0. The highest BCUT2D eigenvalue weighted by Gasteiger charge is 2.17. The quantitative estimate of drug-likeness (QED) is 0.839. The minimum absolute atomic E-state index is 0.443. The maximum Gasteiger partial charge on any atom is 0.349 e. The third kappa shape index (κ3) is 2.94. The highest BCUT2D eigenvalue weighted by Crippen LogP contribution is 2.30. The molecule has 0 saturated heterocycles. The fraction of sp³-hybridized carbons (Fsp3) is 0.154. The normalized spacial score (nSPS) is 10.2. The van der Waals surface area contributed by atoms with Crippen molar-refractivity contribution in [3.63, 3.8) is 0 Å². The van der Waals surface area contributed by atoms with Crippen molar-refractivity contribution in [3.8, 4) is 0 Å². The van der Waals surface area contributed by atoms with Gasteiger partial charge in [0.2, 0.25) is 0 Å². The fourth-order valence-electron chi connectivity index (χ4n) is 1.74. The number of benzene rings is 1. The number of rotatable bonds is 3. The van der Waals surface area contributed by atoms with Gasteiger partial charge in [-0.15, -0.1) is 11.3 Å². The smallest absolute Gasteiger partial charge is 0.349 e.